The average Bonchev–Trinajstić information content (AvgIpc) is 2.35. The number of hydrogen-bond acceptors (Lipinski definition) is 3. The zero-order valence-corrected chi connectivity index (χ0v) is 9.45. The van der Waals surface area contributed by atoms with Crippen molar-refractivity contribution < 1.29 is 47.1 Å². The molecule has 0 fully saturated rings. The quantitative estimate of drug-likeness (QED) is 0.496. The third kappa shape index (κ3) is 7.76. The van der Waals surface area contributed by atoms with Crippen LogP contribution in [0.3, 0.4) is 0 Å². The van der Waals surface area contributed by atoms with Crippen LogP contribution in [0.15, 0.2) is 12.2 Å². The Labute approximate surface area is 95.7 Å². The number of carbonyl (C=O) groups is 2. The van der Waals surface area contributed by atoms with Gasteiger partial charge in [-0.1, -0.05) is 6.92 Å². The monoisotopic (exact) mass is 242 g/mol. The Kier molecular flexibility index (Phi) is 10.3. The zero-order valence-electron chi connectivity index (χ0n) is 6.61. The summed E-state index contributed by atoms with van der Waals surface area (Å²) in [5.41, 5.74) is 0. The van der Waals surface area contributed by atoms with E-state index in [9.17, 15) is 9.59 Å². The molecule has 0 spiro atoms. The normalized spacial score (nSPS) is 12.4. The molecule has 0 aromatic rings. The minimum absolute atomic E-state index is 0. The van der Waals surface area contributed by atoms with E-state index in [2.05, 4.69) is 5.32 Å². The molecule has 1 aliphatic heterocycles. The van der Waals surface area contributed by atoms with E-state index in [-0.39, 0.29) is 32.7 Å². The summed E-state index contributed by atoms with van der Waals surface area (Å²) in [5.74, 6) is -0.907. The molecule has 5 heteroatoms. The van der Waals surface area contributed by atoms with E-state index in [1.807, 2.05) is 0 Å². The average molecular weight is 242 g/mol. The van der Waals surface area contributed by atoms with Gasteiger partial charge in [0.15, 0.2) is 0 Å². The first-order valence-electron chi connectivity index (χ1n) is 3.03. The first kappa shape index (κ1) is 14.2. The van der Waals surface area contributed by atoms with Crippen LogP contribution in [0.1, 0.15) is 13.3 Å². The Hall–Kier alpha value is -0.346. The van der Waals surface area contributed by atoms with E-state index in [1.54, 1.807) is 13.2 Å². The first-order valence-corrected chi connectivity index (χ1v) is 3.03. The molecule has 63 valence electrons. The molecule has 1 rings (SSSR count). The molecular weight excluding hydrogens is 235 g/mol. The number of rotatable bonds is 1. The molecule has 0 N–H and O–H groups in total. The molecule has 0 aliphatic carbocycles. The third-order valence-electron chi connectivity index (χ3n) is 0.733. The van der Waals surface area contributed by atoms with Gasteiger partial charge in [-0.2, -0.15) is 6.42 Å². The summed E-state index contributed by atoms with van der Waals surface area (Å²) < 4.78 is 0. The van der Waals surface area contributed by atoms with E-state index in [0.29, 0.717) is 6.42 Å². The molecule has 1 heterocycles. The minimum atomic E-state index is -0.454. The Morgan fingerprint density at radius 2 is 1.67 bits per heavy atom. The molecule has 4 nitrogen and oxygen atoms in total. The van der Waals surface area contributed by atoms with Gasteiger partial charge >= 0.3 is 0 Å². The number of nitrogens with zero attached hydrogens (tertiary/aromatic N) is 1. The van der Waals surface area contributed by atoms with E-state index >= 15 is 0 Å². The topological polar surface area (TPSA) is 65.3 Å². The summed E-state index contributed by atoms with van der Waals surface area (Å²) >= 11 is 0. The summed E-state index contributed by atoms with van der Waals surface area (Å²) in [6.45, 7) is 1.76. The van der Waals surface area contributed by atoms with Crippen molar-refractivity contribution in [3.8, 4) is 0 Å². The fourth-order valence-corrected chi connectivity index (χ4v) is 0.326. The summed E-state index contributed by atoms with van der Waals surface area (Å²) in [4.78, 5) is 29.0. The van der Waals surface area contributed by atoms with Crippen LogP contribution in [0.25, 0.3) is 5.32 Å². The molecular formula is C7H7NO3Y-2. The molecule has 0 unspecified atom stereocenters. The van der Waals surface area contributed by atoms with Gasteiger partial charge in [-0.15, -0.1) is 0 Å². The van der Waals surface area contributed by atoms with Gasteiger partial charge in [0.05, 0.1) is 11.8 Å². The largest absolute Gasteiger partial charge is 0.589 e. The van der Waals surface area contributed by atoms with Crippen molar-refractivity contribution in [1.29, 1.82) is 0 Å². The van der Waals surface area contributed by atoms with Crippen molar-refractivity contribution in [2.75, 3.05) is 0 Å². The van der Waals surface area contributed by atoms with Gasteiger partial charge < -0.3 is 19.7 Å². The summed E-state index contributed by atoms with van der Waals surface area (Å²) in [6, 6.07) is 0. The van der Waals surface area contributed by atoms with E-state index in [1.165, 1.54) is 0 Å². The van der Waals surface area contributed by atoms with Gasteiger partial charge in [-0.3, -0.25) is 6.29 Å². The van der Waals surface area contributed by atoms with Gasteiger partial charge in [-0.05, 0) is 12.2 Å². The van der Waals surface area contributed by atoms with Crippen molar-refractivity contribution in [2.45, 2.75) is 13.3 Å². The maximum atomic E-state index is 9.98. The van der Waals surface area contributed by atoms with E-state index in [4.69, 9.17) is 4.79 Å². The van der Waals surface area contributed by atoms with E-state index in [0.717, 1.165) is 12.2 Å². The Morgan fingerprint density at radius 3 is 1.75 bits per heavy atom. The van der Waals surface area contributed by atoms with Gasteiger partial charge in [-0.25, -0.2) is 0 Å². The molecule has 12 heavy (non-hydrogen) atoms. The summed E-state index contributed by atoms with van der Waals surface area (Å²) in [5, 5.41) is 3.00. The predicted octanol–water partition coefficient (Wildman–Crippen LogP) is 0.487. The standard InChI is InChI=1S/C4H3NO2.C3H5O.Y/c6-3-1-2-4(7)5-3;1-2-3-4;/h1-2H,(H,5,6,7);2H2,1H3;/q;-1;/p-1. The minimum Gasteiger partial charge on any atom is -0.589 e. The second kappa shape index (κ2) is 8.75. The van der Waals surface area contributed by atoms with Crippen molar-refractivity contribution in [3.05, 3.63) is 17.5 Å². The van der Waals surface area contributed by atoms with Gasteiger partial charge in [0.1, 0.15) is 0 Å². The van der Waals surface area contributed by atoms with Crippen LogP contribution in [-0.4, -0.2) is 18.1 Å². The Bertz CT molecular complexity index is 185. The summed E-state index contributed by atoms with van der Waals surface area (Å²) in [7, 11) is 0. The molecule has 0 saturated carbocycles. The van der Waals surface area contributed by atoms with Gasteiger partial charge in [0, 0.05) is 32.7 Å². The molecule has 2 amide bonds. The molecule has 0 atom stereocenters. The number of carbonyl (C=O) groups excluding carboxylic acids is 3. The van der Waals surface area contributed by atoms with Crippen molar-refractivity contribution in [3.63, 3.8) is 0 Å². The fraction of sp³-hybridized carbons (Fsp3) is 0.286. The van der Waals surface area contributed by atoms with Crippen molar-refractivity contribution >= 4 is 18.1 Å². The molecule has 0 aromatic carbocycles. The smallest absolute Gasteiger partial charge is 0.0803 e. The van der Waals surface area contributed by atoms with Crippen LogP contribution in [0.4, 0.5) is 0 Å². The summed E-state index contributed by atoms with van der Waals surface area (Å²) in [6.07, 6.45) is 4.48. The predicted molar refractivity (Wildman–Crippen MR) is 38.5 cm³/mol. The molecule has 1 radical (unpaired) electrons. The molecule has 0 saturated heterocycles. The van der Waals surface area contributed by atoms with Crippen LogP contribution >= 0.6 is 0 Å². The number of imide groups is 1. The van der Waals surface area contributed by atoms with Crippen LogP contribution in [0.5, 0.6) is 0 Å². The van der Waals surface area contributed by atoms with E-state index < -0.39 is 11.8 Å². The number of hydrogen-bond donors (Lipinski definition) is 0. The fourth-order valence-electron chi connectivity index (χ4n) is 0.326. The van der Waals surface area contributed by atoms with Crippen LogP contribution in [0, 0.1) is 0 Å². The van der Waals surface area contributed by atoms with Gasteiger partial charge in [0.2, 0.25) is 0 Å². The second-order valence-corrected chi connectivity index (χ2v) is 1.62. The van der Waals surface area contributed by atoms with Crippen molar-refractivity contribution in [2.24, 2.45) is 0 Å². The molecule has 0 bridgehead atoms. The molecule has 1 aliphatic rings. The van der Waals surface area contributed by atoms with Crippen LogP contribution in [-0.2, 0) is 47.1 Å². The zero-order chi connectivity index (χ0) is 8.69. The first-order chi connectivity index (χ1) is 5.20. The second-order valence-electron chi connectivity index (χ2n) is 1.62. The Morgan fingerprint density at radius 1 is 1.33 bits per heavy atom. The van der Waals surface area contributed by atoms with Gasteiger partial charge in [0.25, 0.3) is 0 Å². The van der Waals surface area contributed by atoms with Crippen LogP contribution in [0.2, 0.25) is 0 Å². The number of amides is 2. The SMILES string of the molecule is CC[C-]=O.O=C1C=CC(=O)[N-]1.[Y]. The molecule has 0 aromatic heterocycles. The van der Waals surface area contributed by atoms with Crippen molar-refractivity contribution in [1.82, 2.24) is 0 Å². The Balaban J connectivity index is 0. The third-order valence-corrected chi connectivity index (χ3v) is 0.733. The maximum absolute atomic E-state index is 9.98. The maximum Gasteiger partial charge on any atom is 0.0803 e. The van der Waals surface area contributed by atoms with Crippen LogP contribution < -0.4 is 0 Å².